The zero-order valence-corrected chi connectivity index (χ0v) is 17.0. The van der Waals surface area contributed by atoms with Crippen LogP contribution in [-0.2, 0) is 4.79 Å². The van der Waals surface area contributed by atoms with Gasteiger partial charge >= 0.3 is 0 Å². The Morgan fingerprint density at radius 3 is 2.56 bits per heavy atom. The Labute approximate surface area is 168 Å². The summed E-state index contributed by atoms with van der Waals surface area (Å²) in [5.74, 6) is 0.700. The van der Waals surface area contributed by atoms with E-state index in [1.165, 1.54) is 17.8 Å². The summed E-state index contributed by atoms with van der Waals surface area (Å²) in [5, 5.41) is 15.5. The lowest BCUT2D eigenvalue weighted by atomic mass is 10.1. The van der Waals surface area contributed by atoms with Gasteiger partial charge in [0, 0.05) is 34.1 Å². The molecule has 0 aliphatic rings. The third-order valence-corrected chi connectivity index (χ3v) is 5.65. The molecule has 0 aliphatic carbocycles. The van der Waals surface area contributed by atoms with Crippen LogP contribution in [0, 0.1) is 6.92 Å². The Morgan fingerprint density at radius 2 is 1.85 bits per heavy atom. The van der Waals surface area contributed by atoms with Crippen molar-refractivity contribution in [3.8, 4) is 5.75 Å². The van der Waals surface area contributed by atoms with E-state index >= 15 is 0 Å². The lowest BCUT2D eigenvalue weighted by Gasteiger charge is -2.19. The summed E-state index contributed by atoms with van der Waals surface area (Å²) in [5.41, 5.74) is 0.855. The highest BCUT2D eigenvalue weighted by atomic mass is 32.2. The molecule has 7 heteroatoms. The molecular formula is C20H24N2O3S2. The molecule has 0 unspecified atom stereocenters. The molecule has 3 N–H and O–H groups in total. The Morgan fingerprint density at radius 1 is 1.11 bits per heavy atom. The van der Waals surface area contributed by atoms with Crippen molar-refractivity contribution in [3.05, 3.63) is 59.7 Å². The average Bonchev–Trinajstić information content (AvgIpc) is 2.68. The first kappa shape index (κ1) is 21.2. The maximum Gasteiger partial charge on any atom is 0.252 e. The standard InChI is InChI=1S/C20H24N2O3S2/c1-14-16(9-6-10-18(14)23)19(24)22-17(20(25)21-11-12-26-2)13-27-15-7-4-3-5-8-15/h3-10,17,23H,11-13H2,1-2H3,(H,21,25)(H,22,24)/t17-/m0/s1. The van der Waals surface area contributed by atoms with Gasteiger partial charge in [-0.3, -0.25) is 9.59 Å². The Bertz CT molecular complexity index is 769. The van der Waals surface area contributed by atoms with Crippen LogP contribution in [0.2, 0.25) is 0 Å². The van der Waals surface area contributed by atoms with Crippen molar-refractivity contribution >= 4 is 35.3 Å². The predicted octanol–water partition coefficient (Wildman–Crippen LogP) is 3.07. The number of benzene rings is 2. The second kappa shape index (κ2) is 10.9. The van der Waals surface area contributed by atoms with Gasteiger partial charge in [-0.05, 0) is 37.4 Å². The summed E-state index contributed by atoms with van der Waals surface area (Å²) in [6.07, 6.45) is 1.97. The second-order valence-electron chi connectivity index (χ2n) is 5.88. The summed E-state index contributed by atoms with van der Waals surface area (Å²) in [4.78, 5) is 26.2. The molecule has 2 aromatic carbocycles. The molecule has 2 amide bonds. The molecule has 0 fully saturated rings. The van der Waals surface area contributed by atoms with E-state index in [-0.39, 0.29) is 17.6 Å². The van der Waals surface area contributed by atoms with Gasteiger partial charge < -0.3 is 15.7 Å². The van der Waals surface area contributed by atoms with Crippen LogP contribution in [0.3, 0.4) is 0 Å². The molecule has 0 saturated carbocycles. The van der Waals surface area contributed by atoms with Crippen molar-refractivity contribution in [2.45, 2.75) is 17.9 Å². The second-order valence-corrected chi connectivity index (χ2v) is 7.96. The van der Waals surface area contributed by atoms with Crippen molar-refractivity contribution in [2.75, 3.05) is 24.3 Å². The lowest BCUT2D eigenvalue weighted by molar-refractivity contribution is -0.122. The molecule has 0 aliphatic heterocycles. The van der Waals surface area contributed by atoms with Crippen LogP contribution in [0.5, 0.6) is 5.75 Å². The van der Waals surface area contributed by atoms with Crippen LogP contribution in [0.4, 0.5) is 0 Å². The minimum Gasteiger partial charge on any atom is -0.508 e. The molecule has 27 heavy (non-hydrogen) atoms. The number of rotatable bonds is 9. The van der Waals surface area contributed by atoms with Crippen molar-refractivity contribution in [1.29, 1.82) is 0 Å². The molecular weight excluding hydrogens is 380 g/mol. The van der Waals surface area contributed by atoms with Crippen LogP contribution >= 0.6 is 23.5 Å². The Balaban J connectivity index is 2.09. The van der Waals surface area contributed by atoms with Crippen molar-refractivity contribution in [1.82, 2.24) is 10.6 Å². The first-order valence-electron chi connectivity index (χ1n) is 8.57. The topological polar surface area (TPSA) is 78.4 Å². The molecule has 0 heterocycles. The van der Waals surface area contributed by atoms with Crippen LogP contribution < -0.4 is 10.6 Å². The minimum absolute atomic E-state index is 0.0577. The van der Waals surface area contributed by atoms with Crippen LogP contribution in [0.15, 0.2) is 53.4 Å². The van der Waals surface area contributed by atoms with Gasteiger partial charge in [0.15, 0.2) is 0 Å². The monoisotopic (exact) mass is 404 g/mol. The number of phenols is 1. The molecule has 1 atom stereocenters. The van der Waals surface area contributed by atoms with Gasteiger partial charge in [-0.2, -0.15) is 11.8 Å². The van der Waals surface area contributed by atoms with Gasteiger partial charge in [-0.1, -0.05) is 24.3 Å². The van der Waals surface area contributed by atoms with Gasteiger partial charge in [0.2, 0.25) is 5.91 Å². The largest absolute Gasteiger partial charge is 0.508 e. The average molecular weight is 405 g/mol. The van der Waals surface area contributed by atoms with Crippen LogP contribution in [0.25, 0.3) is 0 Å². The van der Waals surface area contributed by atoms with Gasteiger partial charge in [0.1, 0.15) is 11.8 Å². The van der Waals surface area contributed by atoms with Crippen molar-refractivity contribution < 1.29 is 14.7 Å². The van der Waals surface area contributed by atoms with Crippen molar-refractivity contribution in [2.24, 2.45) is 0 Å². The smallest absolute Gasteiger partial charge is 0.252 e. The summed E-state index contributed by atoms with van der Waals surface area (Å²) in [7, 11) is 0. The van der Waals surface area contributed by atoms with Gasteiger partial charge in [-0.25, -0.2) is 0 Å². The van der Waals surface area contributed by atoms with E-state index in [0.29, 0.717) is 23.4 Å². The van der Waals surface area contributed by atoms with E-state index in [1.807, 2.05) is 36.6 Å². The highest BCUT2D eigenvalue weighted by Crippen LogP contribution is 2.21. The third kappa shape index (κ3) is 6.52. The van der Waals surface area contributed by atoms with E-state index in [2.05, 4.69) is 10.6 Å². The molecule has 144 valence electrons. The summed E-state index contributed by atoms with van der Waals surface area (Å²) >= 11 is 3.16. The molecule has 0 spiro atoms. The highest BCUT2D eigenvalue weighted by molar-refractivity contribution is 7.99. The molecule has 5 nitrogen and oxygen atoms in total. The van der Waals surface area contributed by atoms with Gasteiger partial charge in [-0.15, -0.1) is 11.8 Å². The van der Waals surface area contributed by atoms with Crippen molar-refractivity contribution in [3.63, 3.8) is 0 Å². The van der Waals surface area contributed by atoms with E-state index in [9.17, 15) is 14.7 Å². The lowest BCUT2D eigenvalue weighted by Crippen LogP contribution is -2.48. The third-order valence-electron chi connectivity index (χ3n) is 3.94. The SMILES string of the molecule is CSCCNC(=O)[C@H](CSc1ccccc1)NC(=O)c1cccc(O)c1C. The van der Waals surface area contributed by atoms with Crippen LogP contribution in [-0.4, -0.2) is 47.3 Å². The van der Waals surface area contributed by atoms with Crippen LogP contribution in [0.1, 0.15) is 15.9 Å². The first-order chi connectivity index (χ1) is 13.0. The fourth-order valence-corrected chi connectivity index (χ4v) is 3.63. The molecule has 0 aromatic heterocycles. The fraction of sp³-hybridized carbons (Fsp3) is 0.300. The first-order valence-corrected chi connectivity index (χ1v) is 10.9. The summed E-state index contributed by atoms with van der Waals surface area (Å²) in [6.45, 7) is 2.23. The number of hydrogen-bond donors (Lipinski definition) is 3. The van der Waals surface area contributed by atoms with E-state index < -0.39 is 6.04 Å². The van der Waals surface area contributed by atoms with Gasteiger partial charge in [0.05, 0.1) is 0 Å². The molecule has 2 rings (SSSR count). The maximum atomic E-state index is 12.7. The van der Waals surface area contributed by atoms with E-state index in [4.69, 9.17) is 0 Å². The number of amides is 2. The molecule has 0 radical (unpaired) electrons. The Hall–Kier alpha value is -2.12. The zero-order chi connectivity index (χ0) is 19.6. The fourth-order valence-electron chi connectivity index (χ4n) is 2.38. The number of phenolic OH excluding ortho intramolecular Hbond substituents is 1. The Kier molecular flexibility index (Phi) is 8.54. The molecule has 0 bridgehead atoms. The van der Waals surface area contributed by atoms with Gasteiger partial charge in [0.25, 0.3) is 5.91 Å². The number of thioether (sulfide) groups is 2. The number of nitrogens with one attached hydrogen (secondary N) is 2. The predicted molar refractivity (Wildman–Crippen MR) is 113 cm³/mol. The number of hydrogen-bond acceptors (Lipinski definition) is 5. The maximum absolute atomic E-state index is 12.7. The number of carbonyl (C=O) groups is 2. The highest BCUT2D eigenvalue weighted by Gasteiger charge is 2.22. The molecule has 0 saturated heterocycles. The molecule has 2 aromatic rings. The quantitative estimate of drug-likeness (QED) is 0.442. The number of aromatic hydroxyl groups is 1. The summed E-state index contributed by atoms with van der Waals surface area (Å²) in [6, 6.07) is 13.8. The normalized spacial score (nSPS) is 11.6. The zero-order valence-electron chi connectivity index (χ0n) is 15.4. The van der Waals surface area contributed by atoms with E-state index in [0.717, 1.165) is 10.6 Å². The van der Waals surface area contributed by atoms with E-state index in [1.54, 1.807) is 30.8 Å². The minimum atomic E-state index is -0.675. The number of carbonyl (C=O) groups excluding carboxylic acids is 2. The summed E-state index contributed by atoms with van der Waals surface area (Å²) < 4.78 is 0.